The van der Waals surface area contributed by atoms with Crippen LogP contribution in [0.5, 0.6) is 0 Å². The van der Waals surface area contributed by atoms with Crippen LogP contribution in [-0.4, -0.2) is 49.8 Å². The van der Waals surface area contributed by atoms with E-state index < -0.39 is 0 Å². The van der Waals surface area contributed by atoms with Gasteiger partial charge in [-0.1, -0.05) is 0 Å². The lowest BCUT2D eigenvalue weighted by Crippen LogP contribution is -2.53. The number of morpholine rings is 1. The summed E-state index contributed by atoms with van der Waals surface area (Å²) in [5, 5.41) is 3.34. The van der Waals surface area contributed by atoms with Gasteiger partial charge in [-0.3, -0.25) is 4.90 Å². The third-order valence-corrected chi connectivity index (χ3v) is 3.84. The number of hydrogen-bond acceptors (Lipinski definition) is 3. The van der Waals surface area contributed by atoms with E-state index >= 15 is 0 Å². The number of hydrogen-bond donors (Lipinski definition) is 1. The number of nitrogens with zero attached hydrogens (tertiary/aromatic N) is 1. The lowest BCUT2D eigenvalue weighted by molar-refractivity contribution is -0.0643. The molecule has 16 heavy (non-hydrogen) atoms. The lowest BCUT2D eigenvalue weighted by Gasteiger charge is -2.38. The van der Waals surface area contributed by atoms with E-state index in [0.717, 1.165) is 26.0 Å². The third-order valence-electron chi connectivity index (χ3n) is 3.84. The van der Waals surface area contributed by atoms with Gasteiger partial charge in [-0.25, -0.2) is 0 Å². The van der Waals surface area contributed by atoms with Crippen LogP contribution in [0.15, 0.2) is 0 Å². The Morgan fingerprint density at radius 1 is 1.62 bits per heavy atom. The van der Waals surface area contributed by atoms with Crippen molar-refractivity contribution in [3.63, 3.8) is 0 Å². The largest absolute Gasteiger partial charge is 0.374 e. The van der Waals surface area contributed by atoms with E-state index in [4.69, 9.17) is 11.2 Å². The average Bonchev–Trinajstić information content (AvgIpc) is 2.77. The van der Waals surface area contributed by atoms with E-state index in [0.29, 0.717) is 18.2 Å². The number of rotatable bonds is 4. The molecule has 2 heterocycles. The summed E-state index contributed by atoms with van der Waals surface area (Å²) < 4.78 is 5.97. The van der Waals surface area contributed by atoms with Crippen LogP contribution in [-0.2, 0) is 4.74 Å². The van der Waals surface area contributed by atoms with Crippen molar-refractivity contribution in [1.29, 1.82) is 0 Å². The Hall–Kier alpha value is -0.560. The maximum Gasteiger partial charge on any atom is 0.0855 e. The molecule has 90 valence electrons. The van der Waals surface area contributed by atoms with Crippen LogP contribution in [0.2, 0.25) is 0 Å². The summed E-state index contributed by atoms with van der Waals surface area (Å²) in [7, 11) is 2.00. The summed E-state index contributed by atoms with van der Waals surface area (Å²) in [5.41, 5.74) is 0. The van der Waals surface area contributed by atoms with Gasteiger partial charge in [0.1, 0.15) is 0 Å². The zero-order valence-electron chi connectivity index (χ0n) is 10.1. The normalized spacial score (nSPS) is 32.0. The van der Waals surface area contributed by atoms with Gasteiger partial charge in [0.25, 0.3) is 0 Å². The molecule has 0 aliphatic carbocycles. The fourth-order valence-corrected chi connectivity index (χ4v) is 2.84. The number of likely N-dealkylation sites (N-methyl/N-ethyl adjacent to an activating group) is 1. The number of ether oxygens (including phenoxy) is 1. The Balaban J connectivity index is 1.86. The molecule has 3 heteroatoms. The van der Waals surface area contributed by atoms with Crippen molar-refractivity contribution in [2.24, 2.45) is 0 Å². The van der Waals surface area contributed by atoms with E-state index in [-0.39, 0.29) is 0 Å². The van der Waals surface area contributed by atoms with Crippen molar-refractivity contribution in [1.82, 2.24) is 10.2 Å². The molecule has 2 rings (SSSR count). The lowest BCUT2D eigenvalue weighted by atomic mass is 10.0. The summed E-state index contributed by atoms with van der Waals surface area (Å²) >= 11 is 0. The summed E-state index contributed by atoms with van der Waals surface area (Å²) in [6, 6.07) is 1.08. The predicted octanol–water partition coefficient (Wildman–Crippen LogP) is 0.851. The number of fused-ring (bicyclic) bond motifs is 1. The number of terminal acetylenes is 1. The summed E-state index contributed by atoms with van der Waals surface area (Å²) in [4.78, 5) is 2.58. The molecule has 0 radical (unpaired) electrons. The first-order valence-corrected chi connectivity index (χ1v) is 6.31. The van der Waals surface area contributed by atoms with Crippen LogP contribution in [0.1, 0.15) is 25.7 Å². The van der Waals surface area contributed by atoms with Crippen LogP contribution in [0.25, 0.3) is 0 Å². The monoisotopic (exact) mass is 222 g/mol. The first-order chi connectivity index (χ1) is 7.85. The molecule has 1 N–H and O–H groups in total. The molecular formula is C13H22N2O. The van der Waals surface area contributed by atoms with E-state index in [1.807, 2.05) is 7.05 Å². The quantitative estimate of drug-likeness (QED) is 0.714. The molecule has 2 aliphatic rings. The van der Waals surface area contributed by atoms with Gasteiger partial charge >= 0.3 is 0 Å². The molecule has 3 unspecified atom stereocenters. The van der Waals surface area contributed by atoms with Crippen molar-refractivity contribution >= 4 is 0 Å². The molecule has 0 aromatic heterocycles. The van der Waals surface area contributed by atoms with Gasteiger partial charge in [0, 0.05) is 25.0 Å². The molecule has 0 saturated carbocycles. The molecule has 2 fully saturated rings. The highest BCUT2D eigenvalue weighted by atomic mass is 16.5. The Morgan fingerprint density at radius 3 is 3.25 bits per heavy atom. The SMILES string of the molecule is C#CCCC(NC)C1CN2CCCC2CO1. The Morgan fingerprint density at radius 2 is 2.50 bits per heavy atom. The van der Waals surface area contributed by atoms with Crippen LogP contribution < -0.4 is 5.32 Å². The topological polar surface area (TPSA) is 24.5 Å². The molecule has 0 amide bonds. The second-order valence-corrected chi connectivity index (χ2v) is 4.80. The Labute approximate surface area is 98.5 Å². The minimum absolute atomic E-state index is 0.313. The van der Waals surface area contributed by atoms with E-state index in [1.165, 1.54) is 19.4 Å². The molecule has 2 aliphatic heterocycles. The second kappa shape index (κ2) is 5.67. The van der Waals surface area contributed by atoms with E-state index in [9.17, 15) is 0 Å². The zero-order chi connectivity index (χ0) is 11.4. The maximum absolute atomic E-state index is 5.97. The first kappa shape index (κ1) is 11.9. The average molecular weight is 222 g/mol. The predicted molar refractivity (Wildman–Crippen MR) is 65.2 cm³/mol. The summed E-state index contributed by atoms with van der Waals surface area (Å²) in [6.07, 6.45) is 10.1. The van der Waals surface area contributed by atoms with Gasteiger partial charge < -0.3 is 10.1 Å². The Kier molecular flexibility index (Phi) is 4.22. The van der Waals surface area contributed by atoms with Crippen LogP contribution in [0.3, 0.4) is 0 Å². The van der Waals surface area contributed by atoms with Crippen LogP contribution >= 0.6 is 0 Å². The standard InChI is InChI=1S/C13H22N2O/c1-3-4-7-12(14-2)13-9-15-8-5-6-11(15)10-16-13/h1,11-14H,4-10H2,2H3. The van der Waals surface area contributed by atoms with Crippen molar-refractivity contribution in [3.8, 4) is 12.3 Å². The van der Waals surface area contributed by atoms with Gasteiger partial charge in [-0.15, -0.1) is 12.3 Å². The second-order valence-electron chi connectivity index (χ2n) is 4.80. The maximum atomic E-state index is 5.97. The smallest absolute Gasteiger partial charge is 0.0855 e. The summed E-state index contributed by atoms with van der Waals surface area (Å²) in [5.74, 6) is 2.71. The fraction of sp³-hybridized carbons (Fsp3) is 0.846. The van der Waals surface area contributed by atoms with Crippen molar-refractivity contribution in [3.05, 3.63) is 0 Å². The van der Waals surface area contributed by atoms with Crippen LogP contribution in [0, 0.1) is 12.3 Å². The highest BCUT2D eigenvalue weighted by Gasteiger charge is 2.34. The van der Waals surface area contributed by atoms with Gasteiger partial charge in [0.15, 0.2) is 0 Å². The number of nitrogens with one attached hydrogen (secondary N) is 1. The molecule has 0 spiro atoms. The van der Waals surface area contributed by atoms with Crippen molar-refractivity contribution in [2.45, 2.75) is 43.9 Å². The first-order valence-electron chi connectivity index (χ1n) is 6.31. The molecule has 0 bridgehead atoms. The molecule has 0 aromatic rings. The molecular weight excluding hydrogens is 200 g/mol. The molecule has 3 nitrogen and oxygen atoms in total. The van der Waals surface area contributed by atoms with Gasteiger partial charge in [0.05, 0.1) is 12.7 Å². The third kappa shape index (κ3) is 2.57. The van der Waals surface area contributed by atoms with E-state index in [1.54, 1.807) is 0 Å². The van der Waals surface area contributed by atoms with Crippen LogP contribution in [0.4, 0.5) is 0 Å². The minimum Gasteiger partial charge on any atom is -0.374 e. The molecule has 0 aromatic carbocycles. The minimum atomic E-state index is 0.313. The molecule has 2 saturated heterocycles. The van der Waals surface area contributed by atoms with Gasteiger partial charge in [-0.05, 0) is 32.9 Å². The Bertz CT molecular complexity index is 261. The van der Waals surface area contributed by atoms with Crippen molar-refractivity contribution in [2.75, 3.05) is 26.7 Å². The van der Waals surface area contributed by atoms with E-state index in [2.05, 4.69) is 16.1 Å². The van der Waals surface area contributed by atoms with Gasteiger partial charge in [-0.2, -0.15) is 0 Å². The van der Waals surface area contributed by atoms with Gasteiger partial charge in [0.2, 0.25) is 0 Å². The zero-order valence-corrected chi connectivity index (χ0v) is 10.1. The molecule has 3 atom stereocenters. The highest BCUT2D eigenvalue weighted by molar-refractivity contribution is 4.92. The fourth-order valence-electron chi connectivity index (χ4n) is 2.84. The highest BCUT2D eigenvalue weighted by Crippen LogP contribution is 2.24. The summed E-state index contributed by atoms with van der Waals surface area (Å²) in [6.45, 7) is 3.22. The van der Waals surface area contributed by atoms with Crippen molar-refractivity contribution < 1.29 is 4.74 Å².